The summed E-state index contributed by atoms with van der Waals surface area (Å²) in [5.41, 5.74) is 0. The molecule has 0 aromatic heterocycles. The molecule has 1 heterocycles. The lowest BCUT2D eigenvalue weighted by Crippen LogP contribution is -2.52. The first-order chi connectivity index (χ1) is 14.2. The van der Waals surface area contributed by atoms with Gasteiger partial charge in [-0.05, 0) is 29.3 Å². The monoisotopic (exact) mass is 399 g/mol. The molecular formula is C22H29N3O4. The van der Waals surface area contributed by atoms with Crippen LogP contribution in [-0.2, 0) is 14.3 Å². The van der Waals surface area contributed by atoms with E-state index < -0.39 is 0 Å². The van der Waals surface area contributed by atoms with Crippen molar-refractivity contribution in [2.45, 2.75) is 6.42 Å². The molecule has 1 N–H and O–H groups in total. The summed E-state index contributed by atoms with van der Waals surface area (Å²) in [7, 11) is 1.65. The maximum absolute atomic E-state index is 12.5. The van der Waals surface area contributed by atoms with Gasteiger partial charge < -0.3 is 19.7 Å². The Labute approximate surface area is 171 Å². The van der Waals surface area contributed by atoms with Gasteiger partial charge in [0.2, 0.25) is 5.91 Å². The van der Waals surface area contributed by atoms with E-state index in [9.17, 15) is 9.59 Å². The number of hydrogen-bond acceptors (Lipinski definition) is 5. The smallest absolute Gasteiger partial charge is 0.260 e. The Morgan fingerprint density at radius 3 is 2.55 bits per heavy atom. The highest BCUT2D eigenvalue weighted by Gasteiger charge is 2.22. The number of carbonyl (C=O) groups is 2. The number of nitrogens with one attached hydrogen (secondary N) is 1. The summed E-state index contributed by atoms with van der Waals surface area (Å²) in [4.78, 5) is 28.3. The maximum atomic E-state index is 12.5. The molecule has 1 aliphatic rings. The SMILES string of the molecule is COCCCNC(=O)CN1CCN(C(=O)COc2ccc3ccccc3c2)CC1. The molecular weight excluding hydrogens is 370 g/mol. The van der Waals surface area contributed by atoms with E-state index in [1.807, 2.05) is 42.5 Å². The van der Waals surface area contributed by atoms with Crippen LogP contribution in [0, 0.1) is 0 Å². The van der Waals surface area contributed by atoms with Crippen LogP contribution in [0.25, 0.3) is 10.8 Å². The maximum Gasteiger partial charge on any atom is 0.260 e. The van der Waals surface area contributed by atoms with Crippen molar-refractivity contribution < 1.29 is 19.1 Å². The zero-order valence-electron chi connectivity index (χ0n) is 16.9. The molecule has 0 atom stereocenters. The molecule has 2 aromatic rings. The van der Waals surface area contributed by atoms with Crippen LogP contribution >= 0.6 is 0 Å². The first-order valence-corrected chi connectivity index (χ1v) is 10.0. The van der Waals surface area contributed by atoms with Gasteiger partial charge in [0, 0.05) is 46.4 Å². The molecule has 0 unspecified atom stereocenters. The number of fused-ring (bicyclic) bond motifs is 1. The van der Waals surface area contributed by atoms with Gasteiger partial charge in [-0.2, -0.15) is 0 Å². The van der Waals surface area contributed by atoms with E-state index >= 15 is 0 Å². The van der Waals surface area contributed by atoms with Crippen LogP contribution in [-0.4, -0.2) is 81.2 Å². The van der Waals surface area contributed by atoms with Crippen molar-refractivity contribution in [2.24, 2.45) is 0 Å². The number of hydrogen-bond donors (Lipinski definition) is 1. The van der Waals surface area contributed by atoms with Crippen molar-refractivity contribution >= 4 is 22.6 Å². The average Bonchev–Trinajstić information content (AvgIpc) is 2.75. The molecule has 29 heavy (non-hydrogen) atoms. The minimum Gasteiger partial charge on any atom is -0.484 e. The molecule has 0 spiro atoms. The number of piperazine rings is 1. The molecule has 1 aliphatic heterocycles. The van der Waals surface area contributed by atoms with E-state index in [0.717, 1.165) is 17.2 Å². The fourth-order valence-corrected chi connectivity index (χ4v) is 3.35. The lowest BCUT2D eigenvalue weighted by Gasteiger charge is -2.34. The van der Waals surface area contributed by atoms with Gasteiger partial charge in [0.15, 0.2) is 6.61 Å². The summed E-state index contributed by atoms with van der Waals surface area (Å²) in [5.74, 6) is 0.683. The largest absolute Gasteiger partial charge is 0.484 e. The number of benzene rings is 2. The Hall–Kier alpha value is -2.64. The molecule has 0 radical (unpaired) electrons. The van der Waals surface area contributed by atoms with Gasteiger partial charge in [0.1, 0.15) is 5.75 Å². The van der Waals surface area contributed by atoms with Crippen molar-refractivity contribution in [1.29, 1.82) is 0 Å². The van der Waals surface area contributed by atoms with E-state index in [0.29, 0.717) is 51.6 Å². The number of methoxy groups -OCH3 is 1. The Morgan fingerprint density at radius 1 is 1.03 bits per heavy atom. The van der Waals surface area contributed by atoms with Gasteiger partial charge in [0.05, 0.1) is 6.54 Å². The zero-order valence-corrected chi connectivity index (χ0v) is 16.9. The second-order valence-corrected chi connectivity index (χ2v) is 7.15. The summed E-state index contributed by atoms with van der Waals surface area (Å²) in [6.07, 6.45) is 0.807. The molecule has 0 saturated carbocycles. The Bertz CT molecular complexity index is 819. The molecule has 3 rings (SSSR count). The van der Waals surface area contributed by atoms with Crippen LogP contribution in [0.5, 0.6) is 5.75 Å². The number of rotatable bonds is 9. The summed E-state index contributed by atoms with van der Waals surface area (Å²) in [6, 6.07) is 13.9. The first-order valence-electron chi connectivity index (χ1n) is 10.0. The Morgan fingerprint density at radius 2 is 1.79 bits per heavy atom. The van der Waals surface area contributed by atoms with E-state index in [1.54, 1.807) is 12.0 Å². The summed E-state index contributed by atoms with van der Waals surface area (Å²) in [5, 5.41) is 5.12. The molecule has 0 bridgehead atoms. The topological polar surface area (TPSA) is 71.1 Å². The van der Waals surface area contributed by atoms with E-state index in [2.05, 4.69) is 10.2 Å². The van der Waals surface area contributed by atoms with Crippen molar-refractivity contribution in [3.8, 4) is 5.75 Å². The van der Waals surface area contributed by atoms with E-state index in [-0.39, 0.29) is 18.4 Å². The van der Waals surface area contributed by atoms with Crippen molar-refractivity contribution in [1.82, 2.24) is 15.1 Å². The normalized spacial score (nSPS) is 14.7. The number of amides is 2. The van der Waals surface area contributed by atoms with Crippen LogP contribution < -0.4 is 10.1 Å². The van der Waals surface area contributed by atoms with Crippen LogP contribution in [0.1, 0.15) is 6.42 Å². The summed E-state index contributed by atoms with van der Waals surface area (Å²) < 4.78 is 10.7. The quantitative estimate of drug-likeness (QED) is 0.648. The fraction of sp³-hybridized carbons (Fsp3) is 0.455. The van der Waals surface area contributed by atoms with Gasteiger partial charge in [-0.1, -0.05) is 30.3 Å². The molecule has 2 aromatic carbocycles. The molecule has 7 heteroatoms. The van der Waals surface area contributed by atoms with E-state index in [1.165, 1.54) is 0 Å². The van der Waals surface area contributed by atoms with Gasteiger partial charge in [0.25, 0.3) is 5.91 Å². The number of carbonyl (C=O) groups excluding carboxylic acids is 2. The minimum atomic E-state index is -0.0261. The van der Waals surface area contributed by atoms with Crippen molar-refractivity contribution in [2.75, 3.05) is 59.6 Å². The van der Waals surface area contributed by atoms with Crippen LogP contribution in [0.2, 0.25) is 0 Å². The van der Waals surface area contributed by atoms with Crippen molar-refractivity contribution in [3.63, 3.8) is 0 Å². The molecule has 1 saturated heterocycles. The fourth-order valence-electron chi connectivity index (χ4n) is 3.35. The first kappa shape index (κ1) is 21.1. The standard InChI is InChI=1S/C22H29N3O4/c1-28-14-4-9-23-21(26)16-24-10-12-25(13-11-24)22(27)17-29-20-8-7-18-5-2-3-6-19(18)15-20/h2-3,5-8,15H,4,9-14,16-17H2,1H3,(H,23,26). The van der Waals surface area contributed by atoms with Crippen LogP contribution in [0.4, 0.5) is 0 Å². The van der Waals surface area contributed by atoms with Crippen LogP contribution in [0.15, 0.2) is 42.5 Å². The average molecular weight is 399 g/mol. The highest BCUT2D eigenvalue weighted by atomic mass is 16.5. The number of nitrogens with zero attached hydrogens (tertiary/aromatic N) is 2. The van der Waals surface area contributed by atoms with E-state index in [4.69, 9.17) is 9.47 Å². The molecule has 1 fully saturated rings. The van der Waals surface area contributed by atoms with Gasteiger partial charge in [-0.15, -0.1) is 0 Å². The van der Waals surface area contributed by atoms with Crippen molar-refractivity contribution in [3.05, 3.63) is 42.5 Å². The Balaban J connectivity index is 1.37. The third kappa shape index (κ3) is 6.44. The molecule has 156 valence electrons. The lowest BCUT2D eigenvalue weighted by molar-refractivity contribution is -0.135. The highest BCUT2D eigenvalue weighted by Crippen LogP contribution is 2.20. The zero-order chi connectivity index (χ0) is 20.5. The predicted octanol–water partition coefficient (Wildman–Crippen LogP) is 1.52. The molecule has 2 amide bonds. The van der Waals surface area contributed by atoms with Gasteiger partial charge in [-0.25, -0.2) is 0 Å². The predicted molar refractivity (Wildman–Crippen MR) is 112 cm³/mol. The number of ether oxygens (including phenoxy) is 2. The minimum absolute atomic E-state index is 0.0144. The van der Waals surface area contributed by atoms with Gasteiger partial charge >= 0.3 is 0 Å². The third-order valence-corrected chi connectivity index (χ3v) is 5.02. The second-order valence-electron chi connectivity index (χ2n) is 7.15. The second kappa shape index (κ2) is 10.8. The molecule has 7 nitrogen and oxygen atoms in total. The van der Waals surface area contributed by atoms with Crippen LogP contribution in [0.3, 0.4) is 0 Å². The Kier molecular flexibility index (Phi) is 7.84. The summed E-state index contributed by atoms with van der Waals surface area (Å²) >= 11 is 0. The third-order valence-electron chi connectivity index (χ3n) is 5.02. The molecule has 0 aliphatic carbocycles. The lowest BCUT2D eigenvalue weighted by atomic mass is 10.1. The summed E-state index contributed by atoms with van der Waals surface area (Å²) in [6.45, 7) is 4.24. The van der Waals surface area contributed by atoms with Gasteiger partial charge in [-0.3, -0.25) is 14.5 Å². The highest BCUT2D eigenvalue weighted by molar-refractivity contribution is 5.84.